The summed E-state index contributed by atoms with van der Waals surface area (Å²) in [7, 11) is 0. The zero-order chi connectivity index (χ0) is 8.55. The minimum atomic E-state index is -0.0887. The number of imide groups is 1. The van der Waals surface area contributed by atoms with Gasteiger partial charge < -0.3 is 5.32 Å². The molecule has 0 radical (unpaired) electrons. The molecule has 0 saturated carbocycles. The Morgan fingerprint density at radius 2 is 2.42 bits per heavy atom. The summed E-state index contributed by atoms with van der Waals surface area (Å²) in [5, 5.41) is 3.08. The molecular formula is C8H12N2O2. The Hall–Kier alpha value is -0.900. The number of carbonyl (C=O) groups excluding carboxylic acids is 2. The maximum atomic E-state index is 11.5. The third kappa shape index (κ3) is 1.12. The summed E-state index contributed by atoms with van der Waals surface area (Å²) in [6.45, 7) is 1.52. The van der Waals surface area contributed by atoms with Gasteiger partial charge in [0.25, 0.3) is 0 Å². The van der Waals surface area contributed by atoms with E-state index < -0.39 is 0 Å². The highest BCUT2D eigenvalue weighted by Gasteiger charge is 2.35. The molecule has 0 aromatic carbocycles. The van der Waals surface area contributed by atoms with Crippen LogP contribution in [-0.4, -0.2) is 35.8 Å². The van der Waals surface area contributed by atoms with Crippen LogP contribution in [0.4, 0.5) is 0 Å². The lowest BCUT2D eigenvalue weighted by Gasteiger charge is -2.30. The van der Waals surface area contributed by atoms with E-state index in [0.29, 0.717) is 13.0 Å². The van der Waals surface area contributed by atoms with Crippen LogP contribution >= 0.6 is 0 Å². The summed E-state index contributed by atoms with van der Waals surface area (Å²) in [6, 6.07) is -0.0887. The lowest BCUT2D eigenvalue weighted by molar-refractivity contribution is -0.153. The minimum absolute atomic E-state index is 0.0197. The van der Waals surface area contributed by atoms with E-state index in [1.54, 1.807) is 0 Å². The van der Waals surface area contributed by atoms with Crippen molar-refractivity contribution >= 4 is 11.8 Å². The van der Waals surface area contributed by atoms with Crippen molar-refractivity contribution in [2.24, 2.45) is 0 Å². The standard InChI is InChI=1S/C8H12N2O2/c11-7-3-5-10(7)8(12)6-2-1-4-9-6/h6,9H,1-5H2. The third-order valence-electron chi connectivity index (χ3n) is 2.47. The number of nitrogens with zero attached hydrogens (tertiary/aromatic N) is 1. The van der Waals surface area contributed by atoms with Crippen LogP contribution in [0, 0.1) is 0 Å². The van der Waals surface area contributed by atoms with Crippen LogP contribution < -0.4 is 5.32 Å². The van der Waals surface area contributed by atoms with E-state index in [-0.39, 0.29) is 17.9 Å². The Morgan fingerprint density at radius 1 is 1.58 bits per heavy atom. The molecule has 1 unspecified atom stereocenters. The molecule has 2 saturated heterocycles. The van der Waals surface area contributed by atoms with Gasteiger partial charge in [0.1, 0.15) is 0 Å². The summed E-state index contributed by atoms with van der Waals surface area (Å²) in [5.74, 6) is -0.0440. The van der Waals surface area contributed by atoms with Crippen molar-refractivity contribution in [2.75, 3.05) is 13.1 Å². The molecule has 2 fully saturated rings. The summed E-state index contributed by atoms with van der Waals surface area (Å²) in [4.78, 5) is 23.7. The average molecular weight is 168 g/mol. The Morgan fingerprint density at radius 3 is 2.83 bits per heavy atom. The summed E-state index contributed by atoms with van der Waals surface area (Å²) >= 11 is 0. The predicted octanol–water partition coefficient (Wildman–Crippen LogP) is -0.503. The maximum Gasteiger partial charge on any atom is 0.246 e. The normalized spacial score (nSPS) is 28.8. The second kappa shape index (κ2) is 2.86. The van der Waals surface area contributed by atoms with Crippen molar-refractivity contribution in [1.29, 1.82) is 0 Å². The fourth-order valence-corrected chi connectivity index (χ4v) is 1.63. The van der Waals surface area contributed by atoms with Gasteiger partial charge in [0.05, 0.1) is 6.04 Å². The molecular weight excluding hydrogens is 156 g/mol. The Bertz CT molecular complexity index is 221. The van der Waals surface area contributed by atoms with Gasteiger partial charge in [-0.2, -0.15) is 0 Å². The molecule has 2 aliphatic rings. The van der Waals surface area contributed by atoms with E-state index in [1.807, 2.05) is 0 Å². The van der Waals surface area contributed by atoms with Crippen LogP contribution in [0.15, 0.2) is 0 Å². The smallest absolute Gasteiger partial charge is 0.246 e. The van der Waals surface area contributed by atoms with Crippen molar-refractivity contribution in [3.63, 3.8) is 0 Å². The second-order valence-corrected chi connectivity index (χ2v) is 3.28. The topological polar surface area (TPSA) is 49.4 Å². The molecule has 2 rings (SSSR count). The molecule has 2 aliphatic heterocycles. The molecule has 4 nitrogen and oxygen atoms in total. The first-order valence-corrected chi connectivity index (χ1v) is 4.36. The van der Waals surface area contributed by atoms with Crippen LogP contribution in [-0.2, 0) is 9.59 Å². The van der Waals surface area contributed by atoms with E-state index in [2.05, 4.69) is 5.32 Å². The van der Waals surface area contributed by atoms with Gasteiger partial charge in [-0.25, -0.2) is 0 Å². The highest BCUT2D eigenvalue weighted by Crippen LogP contribution is 2.14. The first kappa shape index (κ1) is 7.73. The van der Waals surface area contributed by atoms with Crippen molar-refractivity contribution in [3.8, 4) is 0 Å². The predicted molar refractivity (Wildman–Crippen MR) is 42.4 cm³/mol. The first-order chi connectivity index (χ1) is 5.79. The average Bonchev–Trinajstić information content (AvgIpc) is 2.53. The number of nitrogens with one attached hydrogen (secondary N) is 1. The molecule has 4 heteroatoms. The third-order valence-corrected chi connectivity index (χ3v) is 2.47. The number of carbonyl (C=O) groups is 2. The molecule has 0 aliphatic carbocycles. The summed E-state index contributed by atoms with van der Waals surface area (Å²) < 4.78 is 0. The minimum Gasteiger partial charge on any atom is -0.306 e. The number of hydrogen-bond acceptors (Lipinski definition) is 3. The molecule has 12 heavy (non-hydrogen) atoms. The van der Waals surface area contributed by atoms with Gasteiger partial charge in [-0.05, 0) is 19.4 Å². The van der Waals surface area contributed by atoms with Crippen LogP contribution in [0.5, 0.6) is 0 Å². The zero-order valence-electron chi connectivity index (χ0n) is 6.88. The highest BCUT2D eigenvalue weighted by molar-refractivity contribution is 6.01. The van der Waals surface area contributed by atoms with E-state index in [1.165, 1.54) is 4.90 Å². The van der Waals surface area contributed by atoms with Crippen molar-refractivity contribution in [3.05, 3.63) is 0 Å². The molecule has 0 aromatic rings. The van der Waals surface area contributed by atoms with E-state index in [4.69, 9.17) is 0 Å². The molecule has 2 amide bonds. The van der Waals surface area contributed by atoms with E-state index >= 15 is 0 Å². The highest BCUT2D eigenvalue weighted by atomic mass is 16.2. The van der Waals surface area contributed by atoms with Crippen molar-refractivity contribution in [1.82, 2.24) is 10.2 Å². The fourth-order valence-electron chi connectivity index (χ4n) is 1.63. The largest absolute Gasteiger partial charge is 0.306 e. The van der Waals surface area contributed by atoms with Crippen molar-refractivity contribution < 1.29 is 9.59 Å². The Kier molecular flexibility index (Phi) is 1.84. The second-order valence-electron chi connectivity index (χ2n) is 3.28. The van der Waals surface area contributed by atoms with E-state index in [9.17, 15) is 9.59 Å². The quantitative estimate of drug-likeness (QED) is 0.424. The Balaban J connectivity index is 1.94. The molecule has 0 spiro atoms. The molecule has 1 atom stereocenters. The number of β-lactam (4-membered cyclic amide) rings is 1. The Labute approximate surface area is 70.9 Å². The summed E-state index contributed by atoms with van der Waals surface area (Å²) in [5.41, 5.74) is 0. The van der Waals surface area contributed by atoms with Crippen LogP contribution in [0.2, 0.25) is 0 Å². The summed E-state index contributed by atoms with van der Waals surface area (Å²) in [6.07, 6.45) is 2.46. The number of amides is 2. The number of hydrogen-bond donors (Lipinski definition) is 1. The molecule has 2 heterocycles. The van der Waals surface area contributed by atoms with Crippen LogP contribution in [0.1, 0.15) is 19.3 Å². The van der Waals surface area contributed by atoms with Gasteiger partial charge in [0.15, 0.2) is 0 Å². The number of likely N-dealkylation sites (tertiary alicyclic amines) is 1. The van der Waals surface area contributed by atoms with Gasteiger partial charge in [-0.3, -0.25) is 14.5 Å². The fraction of sp³-hybridized carbons (Fsp3) is 0.750. The van der Waals surface area contributed by atoms with Crippen molar-refractivity contribution in [2.45, 2.75) is 25.3 Å². The van der Waals surface area contributed by atoms with Gasteiger partial charge >= 0.3 is 0 Å². The number of rotatable bonds is 1. The zero-order valence-corrected chi connectivity index (χ0v) is 6.88. The first-order valence-electron chi connectivity index (χ1n) is 4.36. The molecule has 66 valence electrons. The van der Waals surface area contributed by atoms with Gasteiger partial charge in [0, 0.05) is 13.0 Å². The monoisotopic (exact) mass is 168 g/mol. The SMILES string of the molecule is O=C1CCN1C(=O)C1CCCN1. The van der Waals surface area contributed by atoms with Gasteiger partial charge in [-0.15, -0.1) is 0 Å². The lowest BCUT2D eigenvalue weighted by Crippen LogP contribution is -2.53. The van der Waals surface area contributed by atoms with Crippen LogP contribution in [0.25, 0.3) is 0 Å². The molecule has 0 aromatic heterocycles. The van der Waals surface area contributed by atoms with Crippen LogP contribution in [0.3, 0.4) is 0 Å². The van der Waals surface area contributed by atoms with E-state index in [0.717, 1.165) is 19.4 Å². The van der Waals surface area contributed by atoms with Gasteiger partial charge in [-0.1, -0.05) is 0 Å². The maximum absolute atomic E-state index is 11.5. The molecule has 0 bridgehead atoms. The molecule has 1 N–H and O–H groups in total. The lowest BCUT2D eigenvalue weighted by atomic mass is 10.1. The van der Waals surface area contributed by atoms with Gasteiger partial charge in [0.2, 0.25) is 11.8 Å².